The van der Waals surface area contributed by atoms with Gasteiger partial charge < -0.3 is 30.1 Å². The summed E-state index contributed by atoms with van der Waals surface area (Å²) in [5.41, 5.74) is 2.05. The maximum atomic E-state index is 13.6. The van der Waals surface area contributed by atoms with Crippen LogP contribution >= 0.6 is 0 Å². The molecule has 2 aliphatic heterocycles. The number of amides is 1. The number of hydrogen-bond acceptors (Lipinski definition) is 7. The molecule has 2 fully saturated rings. The first-order chi connectivity index (χ1) is 17.7. The molecule has 0 saturated carbocycles. The third-order valence-corrected chi connectivity index (χ3v) is 6.77. The average Bonchev–Trinajstić information content (AvgIpc) is 3.07. The Hall–Kier alpha value is -3.05. The van der Waals surface area contributed by atoms with E-state index in [2.05, 4.69) is 38.5 Å². The largest absolute Gasteiger partial charge is 0.419 e. The van der Waals surface area contributed by atoms with Gasteiger partial charge in [0.2, 0.25) is 5.91 Å². The van der Waals surface area contributed by atoms with Crippen LogP contribution in [0.2, 0.25) is 0 Å². The van der Waals surface area contributed by atoms with Crippen molar-refractivity contribution in [3.63, 3.8) is 0 Å². The quantitative estimate of drug-likeness (QED) is 0.511. The van der Waals surface area contributed by atoms with Crippen LogP contribution in [0.15, 0.2) is 30.5 Å². The highest BCUT2D eigenvalue weighted by Crippen LogP contribution is 2.36. The molecular weight excluding hydrogens is 485 g/mol. The molecule has 1 aromatic heterocycles. The SMILES string of the molecule is Cc1cc(N2CCN(C)CC2)ccc1Nc1cc(NCCCN2CCCOCC2=O)c(C(F)(F)F)cn1. The lowest BCUT2D eigenvalue weighted by atomic mass is 10.1. The summed E-state index contributed by atoms with van der Waals surface area (Å²) < 4.78 is 46.1. The van der Waals surface area contributed by atoms with Crippen molar-refractivity contribution in [1.29, 1.82) is 0 Å². The van der Waals surface area contributed by atoms with Gasteiger partial charge in [0.15, 0.2) is 0 Å². The van der Waals surface area contributed by atoms with Crippen molar-refractivity contribution in [2.24, 2.45) is 0 Å². The van der Waals surface area contributed by atoms with E-state index in [4.69, 9.17) is 4.74 Å². The van der Waals surface area contributed by atoms with Crippen molar-refractivity contribution in [2.75, 3.05) is 81.6 Å². The summed E-state index contributed by atoms with van der Waals surface area (Å²) in [6.45, 7) is 7.85. The molecule has 8 nitrogen and oxygen atoms in total. The molecule has 2 aliphatic rings. The van der Waals surface area contributed by atoms with E-state index in [0.29, 0.717) is 31.9 Å². The predicted molar refractivity (Wildman–Crippen MR) is 139 cm³/mol. The zero-order valence-corrected chi connectivity index (χ0v) is 21.4. The van der Waals surface area contributed by atoms with Crippen molar-refractivity contribution < 1.29 is 22.7 Å². The van der Waals surface area contributed by atoms with Crippen molar-refractivity contribution >= 4 is 28.8 Å². The predicted octanol–water partition coefficient (Wildman–Crippen LogP) is 3.96. The van der Waals surface area contributed by atoms with Crippen LogP contribution in [0, 0.1) is 6.92 Å². The van der Waals surface area contributed by atoms with E-state index in [0.717, 1.165) is 55.7 Å². The fourth-order valence-electron chi connectivity index (χ4n) is 4.55. The van der Waals surface area contributed by atoms with E-state index >= 15 is 0 Å². The van der Waals surface area contributed by atoms with Crippen molar-refractivity contribution in [3.05, 3.63) is 41.6 Å². The smallest absolute Gasteiger partial charge is 0.384 e. The van der Waals surface area contributed by atoms with Gasteiger partial charge in [-0.25, -0.2) is 4.98 Å². The Morgan fingerprint density at radius 1 is 1.08 bits per heavy atom. The minimum absolute atomic E-state index is 0.0396. The van der Waals surface area contributed by atoms with Gasteiger partial charge in [-0.05, 0) is 50.6 Å². The van der Waals surface area contributed by atoms with Crippen LogP contribution in [0.1, 0.15) is 24.0 Å². The van der Waals surface area contributed by atoms with Gasteiger partial charge in [0.05, 0.1) is 11.3 Å². The van der Waals surface area contributed by atoms with E-state index in [1.807, 2.05) is 19.1 Å². The fourth-order valence-corrected chi connectivity index (χ4v) is 4.55. The summed E-state index contributed by atoms with van der Waals surface area (Å²) in [5.74, 6) is 0.240. The number of ether oxygens (including phenoxy) is 1. The van der Waals surface area contributed by atoms with E-state index in [1.54, 1.807) is 4.90 Å². The van der Waals surface area contributed by atoms with Crippen molar-refractivity contribution in [3.8, 4) is 0 Å². The molecule has 1 aromatic carbocycles. The molecular formula is C26H35F3N6O2. The first-order valence-corrected chi connectivity index (χ1v) is 12.7. The topological polar surface area (TPSA) is 73.0 Å². The van der Waals surface area contributed by atoms with E-state index in [-0.39, 0.29) is 24.7 Å². The van der Waals surface area contributed by atoms with Crippen LogP contribution in [0.5, 0.6) is 0 Å². The molecule has 3 heterocycles. The molecule has 0 aliphatic carbocycles. The summed E-state index contributed by atoms with van der Waals surface area (Å²) in [6.07, 6.45) is -2.41. The molecule has 0 bridgehead atoms. The maximum absolute atomic E-state index is 13.6. The van der Waals surface area contributed by atoms with Gasteiger partial charge in [0.1, 0.15) is 12.4 Å². The third-order valence-electron chi connectivity index (χ3n) is 6.77. The number of benzene rings is 1. The van der Waals surface area contributed by atoms with E-state index in [1.165, 1.54) is 6.07 Å². The fraction of sp³-hybridized carbons (Fsp3) is 0.538. The van der Waals surface area contributed by atoms with Gasteiger partial charge in [0, 0.05) is 76.1 Å². The van der Waals surface area contributed by atoms with Crippen LogP contribution in [-0.4, -0.2) is 86.8 Å². The number of pyridine rings is 1. The Bertz CT molecular complexity index is 1070. The molecule has 0 radical (unpaired) electrons. The lowest BCUT2D eigenvalue weighted by Crippen LogP contribution is -2.44. The van der Waals surface area contributed by atoms with E-state index in [9.17, 15) is 18.0 Å². The van der Waals surface area contributed by atoms with Crippen LogP contribution < -0.4 is 15.5 Å². The second kappa shape index (κ2) is 12.0. The molecule has 2 aromatic rings. The minimum atomic E-state index is -4.54. The number of alkyl halides is 3. The number of nitrogens with one attached hydrogen (secondary N) is 2. The number of aryl methyl sites for hydroxylation is 1. The molecule has 2 saturated heterocycles. The Morgan fingerprint density at radius 2 is 1.86 bits per heavy atom. The number of piperazine rings is 1. The summed E-state index contributed by atoms with van der Waals surface area (Å²) in [4.78, 5) is 22.4. The highest BCUT2D eigenvalue weighted by atomic mass is 19.4. The number of aromatic nitrogens is 1. The van der Waals surface area contributed by atoms with Gasteiger partial charge in [-0.2, -0.15) is 13.2 Å². The molecule has 202 valence electrons. The number of rotatable bonds is 8. The standard InChI is InChI=1S/C26H35F3N6O2/c1-19-15-20(34-12-10-33(2)11-13-34)5-6-22(19)32-24-16-23(21(17-31-24)26(27,28)29)30-7-3-8-35-9-4-14-37-18-25(35)36/h5-6,15-17H,3-4,7-14,18H2,1-2H3,(H2,30,31,32). The minimum Gasteiger partial charge on any atom is -0.384 e. The monoisotopic (exact) mass is 520 g/mol. The summed E-state index contributed by atoms with van der Waals surface area (Å²) in [7, 11) is 2.11. The van der Waals surface area contributed by atoms with Crippen LogP contribution in [0.4, 0.5) is 36.1 Å². The van der Waals surface area contributed by atoms with Crippen LogP contribution in [-0.2, 0) is 15.7 Å². The van der Waals surface area contributed by atoms with Gasteiger partial charge >= 0.3 is 6.18 Å². The number of likely N-dealkylation sites (N-methyl/N-ethyl adjacent to an activating group) is 1. The van der Waals surface area contributed by atoms with Crippen LogP contribution in [0.25, 0.3) is 0 Å². The summed E-state index contributed by atoms with van der Waals surface area (Å²) in [6, 6.07) is 7.45. The van der Waals surface area contributed by atoms with Crippen molar-refractivity contribution in [2.45, 2.75) is 25.9 Å². The second-order valence-corrected chi connectivity index (χ2v) is 9.59. The maximum Gasteiger partial charge on any atom is 0.419 e. The van der Waals surface area contributed by atoms with Gasteiger partial charge in [-0.3, -0.25) is 4.79 Å². The van der Waals surface area contributed by atoms with Crippen molar-refractivity contribution in [1.82, 2.24) is 14.8 Å². The first-order valence-electron chi connectivity index (χ1n) is 12.7. The summed E-state index contributed by atoms with van der Waals surface area (Å²) >= 11 is 0. The zero-order chi connectivity index (χ0) is 26.4. The third kappa shape index (κ3) is 7.26. The number of carbonyl (C=O) groups excluding carboxylic acids is 1. The molecule has 1 amide bonds. The zero-order valence-electron chi connectivity index (χ0n) is 21.4. The molecule has 0 unspecified atom stereocenters. The van der Waals surface area contributed by atoms with Gasteiger partial charge in [0.25, 0.3) is 0 Å². The molecule has 0 spiro atoms. The Morgan fingerprint density at radius 3 is 2.59 bits per heavy atom. The Kier molecular flexibility index (Phi) is 8.75. The Labute approximate surface area is 215 Å². The number of carbonyl (C=O) groups is 1. The highest BCUT2D eigenvalue weighted by molar-refractivity contribution is 5.77. The number of nitrogens with zero attached hydrogens (tertiary/aromatic N) is 4. The van der Waals surface area contributed by atoms with E-state index < -0.39 is 11.7 Å². The second-order valence-electron chi connectivity index (χ2n) is 9.59. The van der Waals surface area contributed by atoms with Gasteiger partial charge in [-0.15, -0.1) is 0 Å². The first kappa shape index (κ1) is 27.0. The van der Waals surface area contributed by atoms with Crippen LogP contribution in [0.3, 0.4) is 0 Å². The highest BCUT2D eigenvalue weighted by Gasteiger charge is 2.34. The number of anilines is 4. The molecule has 0 atom stereocenters. The summed E-state index contributed by atoms with van der Waals surface area (Å²) in [5, 5.41) is 6.08. The average molecular weight is 521 g/mol. The molecule has 37 heavy (non-hydrogen) atoms. The number of halogens is 3. The number of hydrogen-bond donors (Lipinski definition) is 2. The molecule has 4 rings (SSSR count). The normalized spacial score (nSPS) is 17.6. The van der Waals surface area contributed by atoms with Gasteiger partial charge in [-0.1, -0.05) is 0 Å². The lowest BCUT2D eigenvalue weighted by Gasteiger charge is -2.34. The Balaban J connectivity index is 1.41. The molecule has 11 heteroatoms. The molecule has 2 N–H and O–H groups in total. The lowest BCUT2D eigenvalue weighted by molar-refractivity contribution is -0.137.